The van der Waals surface area contributed by atoms with Crippen molar-refractivity contribution in [2.75, 3.05) is 0 Å². The summed E-state index contributed by atoms with van der Waals surface area (Å²) in [6.45, 7) is 0. The summed E-state index contributed by atoms with van der Waals surface area (Å²) in [7, 11) is 0. The molecule has 0 bridgehead atoms. The molecule has 0 aliphatic rings. The first-order valence-corrected chi connectivity index (χ1v) is 30.6. The van der Waals surface area contributed by atoms with Gasteiger partial charge in [0.05, 0.1) is 66.2 Å². The first kappa shape index (κ1) is 48.9. The summed E-state index contributed by atoms with van der Waals surface area (Å²) in [4.78, 5) is 17.0. The largest absolute Gasteiger partial charge is 0.309 e. The summed E-state index contributed by atoms with van der Waals surface area (Å²) in [5, 5.41) is 14.0. The second kappa shape index (κ2) is 18.6. The summed E-state index contributed by atoms with van der Waals surface area (Å²) >= 11 is 0. The zero-order valence-electron chi connectivity index (χ0n) is 48.3. The zero-order chi connectivity index (χ0) is 58.7. The van der Waals surface area contributed by atoms with Crippen LogP contribution in [0.3, 0.4) is 0 Å². The van der Waals surface area contributed by atoms with Crippen LogP contribution in [0.5, 0.6) is 0 Å². The minimum atomic E-state index is 0.512. The Morgan fingerprint density at radius 2 is 0.400 bits per heavy atom. The maximum Gasteiger partial charge on any atom is 0.240 e. The Bertz CT molecular complexity index is 6130. The van der Waals surface area contributed by atoms with Gasteiger partial charge in [0.2, 0.25) is 11.9 Å². The number of fused-ring (bicyclic) bond motifs is 18. The van der Waals surface area contributed by atoms with E-state index in [9.17, 15) is 0 Å². The minimum Gasteiger partial charge on any atom is -0.309 e. The maximum absolute atomic E-state index is 5.73. The topological polar surface area (TPSA) is 68.2 Å². The van der Waals surface area contributed by atoms with E-state index in [0.29, 0.717) is 17.7 Å². The third-order valence-corrected chi connectivity index (χ3v) is 18.8. The van der Waals surface area contributed by atoms with E-state index in [1.165, 1.54) is 48.6 Å². The number of benzene rings is 13. The molecular weight excluding hydrogens is 1100 g/mol. The first-order chi connectivity index (χ1) is 44.7. The molecular formula is C81H49N9. The number of para-hydroxylation sites is 9. The van der Waals surface area contributed by atoms with E-state index < -0.39 is 0 Å². The van der Waals surface area contributed by atoms with Crippen LogP contribution in [0.4, 0.5) is 0 Å². The number of aromatic nitrogens is 9. The SMILES string of the molecule is c1ccc(-n2c3ccccc3c3cc4c5ccccc5n(-c5ccc(-c6nc(-n7c8ccccc8c8cc9c%10ccccc%10n(-c%10ccccc%10)c9cc87)nc(-n7c8ccccc8c8cc9c%10ccccc%10n(-c%10ccccc%10)c9cc87)n6)cc5)c4cc32)cc1. The first-order valence-electron chi connectivity index (χ1n) is 30.6. The van der Waals surface area contributed by atoms with Gasteiger partial charge in [-0.25, -0.2) is 0 Å². The van der Waals surface area contributed by atoms with Gasteiger partial charge >= 0.3 is 0 Å². The van der Waals surface area contributed by atoms with Gasteiger partial charge in [0.15, 0.2) is 5.82 Å². The normalized spacial score (nSPS) is 12.2. The van der Waals surface area contributed by atoms with Gasteiger partial charge in [0, 0.05) is 92.9 Å². The number of rotatable bonds is 7. The molecule has 7 heterocycles. The van der Waals surface area contributed by atoms with Gasteiger partial charge in [-0.1, -0.05) is 164 Å². The predicted molar refractivity (Wildman–Crippen MR) is 371 cm³/mol. The summed E-state index contributed by atoms with van der Waals surface area (Å²) in [5.41, 5.74) is 18.2. The van der Waals surface area contributed by atoms with Crippen molar-refractivity contribution < 1.29 is 0 Å². The Hall–Kier alpha value is -12.3. The molecule has 9 nitrogen and oxygen atoms in total. The summed E-state index contributed by atoms with van der Waals surface area (Å²) in [5.74, 6) is 1.57. The van der Waals surface area contributed by atoms with E-state index in [4.69, 9.17) is 15.0 Å². The Kier molecular flexibility index (Phi) is 10.1. The molecule has 13 aromatic carbocycles. The van der Waals surface area contributed by atoms with Gasteiger partial charge in [-0.3, -0.25) is 9.13 Å². The molecule has 0 saturated carbocycles. The minimum absolute atomic E-state index is 0.512. The van der Waals surface area contributed by atoms with Crippen LogP contribution >= 0.6 is 0 Å². The quantitative estimate of drug-likeness (QED) is 0.160. The lowest BCUT2D eigenvalue weighted by Crippen LogP contribution is -2.10. The van der Waals surface area contributed by atoms with Crippen molar-refractivity contribution in [3.05, 3.63) is 297 Å². The fourth-order valence-corrected chi connectivity index (χ4v) is 15.0. The predicted octanol–water partition coefficient (Wildman–Crippen LogP) is 20.1. The highest BCUT2D eigenvalue weighted by Crippen LogP contribution is 2.44. The molecule has 0 amide bonds. The van der Waals surface area contributed by atoms with Crippen molar-refractivity contribution in [2.45, 2.75) is 0 Å². The highest BCUT2D eigenvalue weighted by atomic mass is 15.3. The van der Waals surface area contributed by atoms with Crippen LogP contribution in [-0.2, 0) is 0 Å². The zero-order valence-corrected chi connectivity index (χ0v) is 48.3. The van der Waals surface area contributed by atoms with Crippen molar-refractivity contribution in [1.29, 1.82) is 0 Å². The van der Waals surface area contributed by atoms with Crippen LogP contribution in [0.25, 0.3) is 177 Å². The molecule has 0 atom stereocenters. The Balaban J connectivity index is 0.851. The molecule has 90 heavy (non-hydrogen) atoms. The highest BCUT2D eigenvalue weighted by molar-refractivity contribution is 6.22. The number of hydrogen-bond donors (Lipinski definition) is 0. The van der Waals surface area contributed by atoms with Crippen LogP contribution in [-0.4, -0.2) is 42.4 Å². The molecule has 0 saturated heterocycles. The van der Waals surface area contributed by atoms with Gasteiger partial charge in [0.25, 0.3) is 0 Å². The third kappa shape index (κ3) is 6.88. The van der Waals surface area contributed by atoms with E-state index in [-0.39, 0.29) is 0 Å². The summed E-state index contributed by atoms with van der Waals surface area (Å²) < 4.78 is 14.1. The molecule has 0 unspecified atom stereocenters. The van der Waals surface area contributed by atoms with Crippen molar-refractivity contribution in [3.63, 3.8) is 0 Å². The molecule has 0 aliphatic carbocycles. The molecule has 418 valence electrons. The Morgan fingerprint density at radius 1 is 0.167 bits per heavy atom. The van der Waals surface area contributed by atoms with Gasteiger partial charge in [-0.15, -0.1) is 0 Å². The lowest BCUT2D eigenvalue weighted by molar-refractivity contribution is 0.893. The van der Waals surface area contributed by atoms with Crippen molar-refractivity contribution in [3.8, 4) is 46.0 Å². The van der Waals surface area contributed by atoms with Gasteiger partial charge in [-0.05, 0) is 133 Å². The molecule has 0 aliphatic heterocycles. The van der Waals surface area contributed by atoms with E-state index in [1.807, 2.05) is 0 Å². The number of nitrogens with zero attached hydrogens (tertiary/aromatic N) is 9. The standard InChI is InChI=1S/C81H49N9/c1-4-22-51(23-5-1)85-67-34-16-10-28-55(67)61-44-62-58-31-13-19-37-70(58)88(74(62)47-73(61)85)54-42-40-50(41-43-54)79-82-80(89-71-38-20-14-32-59(71)65-45-63-56-29-11-17-35-68(56)86(75(63)48-77(65)89)52-24-6-2-7-25-52)84-81(83-79)90-72-39-21-15-33-60(72)66-46-64-57-30-12-18-36-69(57)87(76(64)49-78(66)90)53-26-8-3-9-27-53/h1-49H. The van der Waals surface area contributed by atoms with Crippen LogP contribution in [0, 0.1) is 0 Å². The maximum atomic E-state index is 5.73. The van der Waals surface area contributed by atoms with Gasteiger partial charge < -0.3 is 18.3 Å². The molecule has 20 aromatic rings. The van der Waals surface area contributed by atoms with Gasteiger partial charge in [-0.2, -0.15) is 15.0 Å². The lowest BCUT2D eigenvalue weighted by atomic mass is 10.1. The monoisotopic (exact) mass is 1150 g/mol. The molecule has 7 aromatic heterocycles. The Labute approximate surface area is 513 Å². The van der Waals surface area contributed by atoms with Crippen molar-refractivity contribution in [2.24, 2.45) is 0 Å². The fraction of sp³-hybridized carbons (Fsp3) is 0. The van der Waals surface area contributed by atoms with Crippen LogP contribution in [0.15, 0.2) is 297 Å². The number of hydrogen-bond acceptors (Lipinski definition) is 3. The van der Waals surface area contributed by atoms with Crippen LogP contribution in [0.1, 0.15) is 0 Å². The third-order valence-electron chi connectivity index (χ3n) is 18.8. The average Bonchev–Trinajstić information content (AvgIpc) is 2.18. The van der Waals surface area contributed by atoms with Crippen LogP contribution < -0.4 is 0 Å². The highest BCUT2D eigenvalue weighted by Gasteiger charge is 2.26. The molecule has 20 rings (SSSR count). The Morgan fingerprint density at radius 3 is 0.689 bits per heavy atom. The summed E-state index contributed by atoms with van der Waals surface area (Å²) in [6, 6.07) is 107. The van der Waals surface area contributed by atoms with Crippen LogP contribution in [0.2, 0.25) is 0 Å². The molecule has 0 N–H and O–H groups in total. The second-order valence-corrected chi connectivity index (χ2v) is 23.6. The average molecular weight is 1150 g/mol. The van der Waals surface area contributed by atoms with E-state index in [1.54, 1.807) is 0 Å². The molecule has 0 spiro atoms. The smallest absolute Gasteiger partial charge is 0.240 e. The summed E-state index contributed by atoms with van der Waals surface area (Å²) in [6.07, 6.45) is 0. The van der Waals surface area contributed by atoms with E-state index >= 15 is 0 Å². The second-order valence-electron chi connectivity index (χ2n) is 23.6. The molecule has 9 heteroatoms. The van der Waals surface area contributed by atoms with Crippen molar-refractivity contribution >= 4 is 131 Å². The molecule has 0 fully saturated rings. The van der Waals surface area contributed by atoms with E-state index in [0.717, 1.165) is 111 Å². The van der Waals surface area contributed by atoms with E-state index in [2.05, 4.69) is 325 Å². The van der Waals surface area contributed by atoms with Gasteiger partial charge in [0.1, 0.15) is 0 Å². The fourth-order valence-electron chi connectivity index (χ4n) is 15.0. The van der Waals surface area contributed by atoms with Crippen molar-refractivity contribution in [1.82, 2.24) is 42.4 Å². The molecule has 0 radical (unpaired) electrons. The lowest BCUT2D eigenvalue weighted by Gasteiger charge is -2.14.